The Morgan fingerprint density at radius 3 is 3.04 bits per heavy atom. The van der Waals surface area contributed by atoms with Crippen molar-refractivity contribution in [3.8, 4) is 0 Å². The predicted molar refractivity (Wildman–Crippen MR) is 94.8 cm³/mol. The first-order valence-electron chi connectivity index (χ1n) is 8.06. The summed E-state index contributed by atoms with van der Waals surface area (Å²) in [6.45, 7) is 2.03. The number of thiophene rings is 1. The van der Waals surface area contributed by atoms with Crippen molar-refractivity contribution in [1.29, 1.82) is 0 Å². The van der Waals surface area contributed by atoms with Crippen molar-refractivity contribution in [2.45, 2.75) is 30.3 Å². The Morgan fingerprint density at radius 2 is 2.20 bits per heavy atom. The highest BCUT2D eigenvalue weighted by molar-refractivity contribution is 7.89. The van der Waals surface area contributed by atoms with Gasteiger partial charge in [-0.25, -0.2) is 17.8 Å². The quantitative estimate of drug-likeness (QED) is 0.694. The highest BCUT2D eigenvalue weighted by atomic mass is 32.2. The summed E-state index contributed by atoms with van der Waals surface area (Å²) in [6, 6.07) is 3.83. The lowest BCUT2D eigenvalue weighted by Crippen LogP contribution is -2.29. The van der Waals surface area contributed by atoms with E-state index in [0.717, 1.165) is 36.1 Å². The SMILES string of the molecule is O=S(=O)(NCc1cn(C2CCNCC2)nn1)c1cnc2ccsc2c1. The molecule has 0 bridgehead atoms. The third-order valence-electron chi connectivity index (χ3n) is 4.27. The number of nitrogens with zero attached hydrogens (tertiary/aromatic N) is 4. The first-order chi connectivity index (χ1) is 12.1. The first kappa shape index (κ1) is 16.6. The predicted octanol–water partition coefficient (Wildman–Crippen LogP) is 1.29. The Kier molecular flexibility index (Phi) is 4.50. The number of piperidine rings is 1. The molecule has 8 nitrogen and oxygen atoms in total. The summed E-state index contributed by atoms with van der Waals surface area (Å²) in [5.41, 5.74) is 1.40. The van der Waals surface area contributed by atoms with E-state index in [9.17, 15) is 8.42 Å². The van der Waals surface area contributed by atoms with Crippen molar-refractivity contribution in [1.82, 2.24) is 30.0 Å². The van der Waals surface area contributed by atoms with Gasteiger partial charge in [-0.05, 0) is 43.4 Å². The van der Waals surface area contributed by atoms with E-state index in [4.69, 9.17) is 0 Å². The van der Waals surface area contributed by atoms with E-state index in [1.807, 2.05) is 22.3 Å². The molecular formula is C15H18N6O2S2. The summed E-state index contributed by atoms with van der Waals surface area (Å²) in [7, 11) is -3.64. The highest BCUT2D eigenvalue weighted by Crippen LogP contribution is 2.22. The van der Waals surface area contributed by atoms with Gasteiger partial charge < -0.3 is 5.32 Å². The summed E-state index contributed by atoms with van der Waals surface area (Å²) in [6.07, 6.45) is 5.20. The van der Waals surface area contributed by atoms with E-state index in [0.29, 0.717) is 11.7 Å². The molecule has 0 amide bonds. The fourth-order valence-electron chi connectivity index (χ4n) is 2.87. The van der Waals surface area contributed by atoms with Crippen LogP contribution in [0.3, 0.4) is 0 Å². The molecule has 0 unspecified atom stereocenters. The van der Waals surface area contributed by atoms with Crippen molar-refractivity contribution in [3.05, 3.63) is 35.6 Å². The first-order valence-corrected chi connectivity index (χ1v) is 10.4. The van der Waals surface area contributed by atoms with Gasteiger partial charge in [-0.2, -0.15) is 0 Å². The van der Waals surface area contributed by atoms with E-state index in [1.165, 1.54) is 17.5 Å². The van der Waals surface area contributed by atoms with Crippen molar-refractivity contribution >= 4 is 31.6 Å². The lowest BCUT2D eigenvalue weighted by Gasteiger charge is -2.22. The van der Waals surface area contributed by atoms with E-state index in [1.54, 1.807) is 6.07 Å². The van der Waals surface area contributed by atoms with Gasteiger partial charge in [0, 0.05) is 6.20 Å². The molecule has 3 aromatic heterocycles. The monoisotopic (exact) mass is 378 g/mol. The zero-order chi connectivity index (χ0) is 17.3. The van der Waals surface area contributed by atoms with Crippen molar-refractivity contribution in [2.24, 2.45) is 0 Å². The molecule has 0 radical (unpaired) electrons. The van der Waals surface area contributed by atoms with Crippen molar-refractivity contribution in [2.75, 3.05) is 13.1 Å². The second-order valence-corrected chi connectivity index (χ2v) is 8.69. The van der Waals surface area contributed by atoms with Gasteiger partial charge in [0.25, 0.3) is 0 Å². The lowest BCUT2D eigenvalue weighted by molar-refractivity contribution is 0.337. The summed E-state index contributed by atoms with van der Waals surface area (Å²) in [5.74, 6) is 0. The summed E-state index contributed by atoms with van der Waals surface area (Å²) in [4.78, 5) is 4.34. The molecule has 4 heterocycles. The van der Waals surface area contributed by atoms with E-state index < -0.39 is 10.0 Å². The molecular weight excluding hydrogens is 360 g/mol. The van der Waals surface area contributed by atoms with Crippen LogP contribution in [0, 0.1) is 0 Å². The van der Waals surface area contributed by atoms with E-state index in [2.05, 4.69) is 25.3 Å². The van der Waals surface area contributed by atoms with Crippen LogP contribution in [0.4, 0.5) is 0 Å². The maximum Gasteiger partial charge on any atom is 0.242 e. The van der Waals surface area contributed by atoms with Crippen LogP contribution in [0.5, 0.6) is 0 Å². The standard InChI is InChI=1S/C15H18N6O2S2/c22-25(23,13-7-15-14(17-9-13)3-6-24-15)18-8-11-10-21(20-19-11)12-1-4-16-5-2-12/h3,6-7,9-10,12,16,18H,1-2,4-5,8H2. The number of hydrogen-bond acceptors (Lipinski definition) is 7. The Morgan fingerprint density at radius 1 is 1.36 bits per heavy atom. The number of fused-ring (bicyclic) bond motifs is 1. The maximum atomic E-state index is 12.5. The molecule has 0 saturated carbocycles. The third kappa shape index (κ3) is 3.56. The zero-order valence-corrected chi connectivity index (χ0v) is 15.1. The summed E-state index contributed by atoms with van der Waals surface area (Å²) < 4.78 is 30.2. The average molecular weight is 378 g/mol. The van der Waals surface area contributed by atoms with E-state index >= 15 is 0 Å². The van der Waals surface area contributed by atoms with Crippen LogP contribution < -0.4 is 10.0 Å². The van der Waals surface area contributed by atoms with Crippen LogP contribution in [0.15, 0.2) is 34.8 Å². The molecule has 1 aliphatic rings. The molecule has 0 aliphatic carbocycles. The Bertz CT molecular complexity index is 975. The smallest absolute Gasteiger partial charge is 0.242 e. The van der Waals surface area contributed by atoms with Gasteiger partial charge in [-0.15, -0.1) is 16.4 Å². The van der Waals surface area contributed by atoms with Crippen LogP contribution in [0.1, 0.15) is 24.6 Å². The topological polar surface area (TPSA) is 102 Å². The molecule has 3 aromatic rings. The normalized spacial score (nSPS) is 16.5. The number of hydrogen-bond donors (Lipinski definition) is 2. The number of nitrogens with one attached hydrogen (secondary N) is 2. The molecule has 2 N–H and O–H groups in total. The van der Waals surface area contributed by atoms with Gasteiger partial charge in [-0.1, -0.05) is 5.21 Å². The van der Waals surface area contributed by atoms with Crippen LogP contribution in [-0.2, 0) is 16.6 Å². The second kappa shape index (κ2) is 6.79. The maximum absolute atomic E-state index is 12.5. The minimum Gasteiger partial charge on any atom is -0.317 e. The van der Waals surface area contributed by atoms with Crippen LogP contribution in [-0.4, -0.2) is 41.5 Å². The molecule has 1 fully saturated rings. The largest absolute Gasteiger partial charge is 0.317 e. The van der Waals surface area contributed by atoms with Crippen LogP contribution in [0.25, 0.3) is 10.2 Å². The molecule has 132 valence electrons. The number of rotatable bonds is 5. The molecule has 0 atom stereocenters. The Labute approximate surface area is 149 Å². The van der Waals surface area contributed by atoms with Gasteiger partial charge in [0.1, 0.15) is 4.90 Å². The Balaban J connectivity index is 1.45. The van der Waals surface area contributed by atoms with Crippen molar-refractivity contribution < 1.29 is 8.42 Å². The zero-order valence-electron chi connectivity index (χ0n) is 13.4. The molecule has 0 spiro atoms. The van der Waals surface area contributed by atoms with Gasteiger partial charge in [-0.3, -0.25) is 4.98 Å². The average Bonchev–Trinajstić information content (AvgIpc) is 3.29. The number of sulfonamides is 1. The van der Waals surface area contributed by atoms with Crippen molar-refractivity contribution in [3.63, 3.8) is 0 Å². The minimum absolute atomic E-state index is 0.107. The van der Waals surface area contributed by atoms with Crippen LogP contribution >= 0.6 is 11.3 Å². The second-order valence-electron chi connectivity index (χ2n) is 5.97. The molecule has 4 rings (SSSR count). The molecule has 1 aliphatic heterocycles. The molecule has 0 aromatic carbocycles. The van der Waals surface area contributed by atoms with E-state index in [-0.39, 0.29) is 11.4 Å². The van der Waals surface area contributed by atoms with Gasteiger partial charge in [0.15, 0.2) is 0 Å². The fraction of sp³-hybridized carbons (Fsp3) is 0.400. The third-order valence-corrected chi connectivity index (χ3v) is 6.49. The molecule has 25 heavy (non-hydrogen) atoms. The molecule has 10 heteroatoms. The lowest BCUT2D eigenvalue weighted by atomic mass is 10.1. The summed E-state index contributed by atoms with van der Waals surface area (Å²) >= 11 is 1.47. The number of aromatic nitrogens is 4. The number of pyridine rings is 1. The fourth-order valence-corrected chi connectivity index (χ4v) is 4.70. The van der Waals surface area contributed by atoms with Gasteiger partial charge in [0.2, 0.25) is 10.0 Å². The highest BCUT2D eigenvalue weighted by Gasteiger charge is 2.19. The van der Waals surface area contributed by atoms with Crippen LogP contribution in [0.2, 0.25) is 0 Å². The van der Waals surface area contributed by atoms with Gasteiger partial charge in [0.05, 0.1) is 34.7 Å². The molecule has 1 saturated heterocycles. The van der Waals surface area contributed by atoms with Gasteiger partial charge >= 0.3 is 0 Å². The minimum atomic E-state index is -3.64. The summed E-state index contributed by atoms with van der Waals surface area (Å²) in [5, 5.41) is 13.4. The Hall–Kier alpha value is -1.88.